The molecule has 0 saturated carbocycles. The molecule has 0 spiro atoms. The summed E-state index contributed by atoms with van der Waals surface area (Å²) < 4.78 is 5.01. The summed E-state index contributed by atoms with van der Waals surface area (Å²) in [5.41, 5.74) is 0.794. The van der Waals surface area contributed by atoms with E-state index in [0.717, 1.165) is 4.88 Å². The number of aromatic carboxylic acids is 1. The molecule has 0 fully saturated rings. The standard InChI is InChI=1S/C15H14N2O5S/c1-8(18)17-5-4-9-11(7-17)23-14(12(9)15(20)21)16-13(19)10-3-2-6-22-10/h2-3,6H,4-5,7H2,1H3,(H,16,19)(H,20,21). The largest absolute Gasteiger partial charge is 0.478 e. The number of anilines is 1. The minimum absolute atomic E-state index is 0.0536. The molecule has 0 bridgehead atoms. The van der Waals surface area contributed by atoms with Gasteiger partial charge in [0.2, 0.25) is 5.91 Å². The number of furan rings is 1. The second-order valence-electron chi connectivity index (χ2n) is 5.14. The Morgan fingerprint density at radius 1 is 1.39 bits per heavy atom. The van der Waals surface area contributed by atoms with Crippen LogP contribution in [0.2, 0.25) is 0 Å². The molecule has 0 atom stereocenters. The fourth-order valence-corrected chi connectivity index (χ4v) is 3.81. The van der Waals surface area contributed by atoms with Gasteiger partial charge in [-0.15, -0.1) is 11.3 Å². The lowest BCUT2D eigenvalue weighted by Crippen LogP contribution is -2.33. The van der Waals surface area contributed by atoms with E-state index in [9.17, 15) is 19.5 Å². The number of nitrogens with zero attached hydrogens (tertiary/aromatic N) is 1. The Morgan fingerprint density at radius 3 is 2.78 bits per heavy atom. The Morgan fingerprint density at radius 2 is 2.17 bits per heavy atom. The molecule has 120 valence electrons. The highest BCUT2D eigenvalue weighted by Crippen LogP contribution is 2.37. The minimum atomic E-state index is -1.09. The van der Waals surface area contributed by atoms with Crippen molar-refractivity contribution >= 4 is 34.1 Å². The first kappa shape index (κ1) is 15.3. The summed E-state index contributed by atoms with van der Waals surface area (Å²) in [5.74, 6) is -1.53. The first-order valence-corrected chi connectivity index (χ1v) is 7.77. The number of fused-ring (bicyclic) bond motifs is 1. The predicted molar refractivity (Wildman–Crippen MR) is 82.7 cm³/mol. The third-order valence-electron chi connectivity index (χ3n) is 3.69. The van der Waals surface area contributed by atoms with Gasteiger partial charge >= 0.3 is 5.97 Å². The first-order chi connectivity index (χ1) is 11.0. The molecule has 2 N–H and O–H groups in total. The number of thiophene rings is 1. The van der Waals surface area contributed by atoms with Crippen molar-refractivity contribution in [2.75, 3.05) is 11.9 Å². The van der Waals surface area contributed by atoms with Gasteiger partial charge in [-0.05, 0) is 24.1 Å². The monoisotopic (exact) mass is 334 g/mol. The number of carboxylic acid groups (broad SMARTS) is 1. The van der Waals surface area contributed by atoms with E-state index in [-0.39, 0.29) is 22.2 Å². The van der Waals surface area contributed by atoms with Gasteiger partial charge in [0.15, 0.2) is 5.76 Å². The maximum Gasteiger partial charge on any atom is 0.339 e. The number of amides is 2. The molecule has 1 aliphatic heterocycles. The molecule has 7 nitrogen and oxygen atoms in total. The van der Waals surface area contributed by atoms with E-state index < -0.39 is 11.9 Å². The average Bonchev–Trinajstić information content (AvgIpc) is 3.13. The molecule has 8 heteroatoms. The van der Waals surface area contributed by atoms with Crippen LogP contribution in [0.25, 0.3) is 0 Å². The van der Waals surface area contributed by atoms with E-state index >= 15 is 0 Å². The minimum Gasteiger partial charge on any atom is -0.478 e. The molecule has 2 amide bonds. The maximum atomic E-state index is 12.1. The molecule has 0 radical (unpaired) electrons. The normalized spacial score (nSPS) is 13.5. The highest BCUT2D eigenvalue weighted by Gasteiger charge is 2.29. The Balaban J connectivity index is 1.93. The van der Waals surface area contributed by atoms with Crippen LogP contribution in [0.15, 0.2) is 22.8 Å². The van der Waals surface area contributed by atoms with Crippen LogP contribution in [-0.2, 0) is 17.8 Å². The number of rotatable bonds is 3. The zero-order chi connectivity index (χ0) is 16.6. The topological polar surface area (TPSA) is 99.9 Å². The van der Waals surface area contributed by atoms with Crippen molar-refractivity contribution < 1.29 is 23.9 Å². The van der Waals surface area contributed by atoms with Gasteiger partial charge in [-0.25, -0.2) is 4.79 Å². The number of hydrogen-bond acceptors (Lipinski definition) is 5. The summed E-state index contributed by atoms with van der Waals surface area (Å²) in [6, 6.07) is 3.08. The predicted octanol–water partition coefficient (Wildman–Crippen LogP) is 2.20. The Kier molecular flexibility index (Phi) is 3.91. The Hall–Kier alpha value is -2.61. The van der Waals surface area contributed by atoms with Crippen molar-refractivity contribution in [3.8, 4) is 0 Å². The molecule has 0 aliphatic carbocycles. The second-order valence-corrected chi connectivity index (χ2v) is 6.24. The summed E-state index contributed by atoms with van der Waals surface area (Å²) in [6.07, 6.45) is 1.83. The van der Waals surface area contributed by atoms with Gasteiger partial charge in [0.05, 0.1) is 18.4 Å². The molecule has 1 aliphatic rings. The van der Waals surface area contributed by atoms with Crippen molar-refractivity contribution in [2.45, 2.75) is 19.9 Å². The van der Waals surface area contributed by atoms with Gasteiger partial charge in [-0.3, -0.25) is 9.59 Å². The van der Waals surface area contributed by atoms with E-state index in [1.165, 1.54) is 30.6 Å². The third kappa shape index (κ3) is 2.85. The molecule has 2 aromatic heterocycles. The van der Waals surface area contributed by atoms with E-state index in [2.05, 4.69) is 5.32 Å². The maximum absolute atomic E-state index is 12.1. The molecular weight excluding hydrogens is 320 g/mol. The van der Waals surface area contributed by atoms with Crippen molar-refractivity contribution in [1.29, 1.82) is 0 Å². The SMILES string of the molecule is CC(=O)N1CCc2c(sc(NC(=O)c3ccco3)c2C(=O)O)C1. The van der Waals surface area contributed by atoms with Crippen LogP contribution in [0, 0.1) is 0 Å². The van der Waals surface area contributed by atoms with Gasteiger partial charge in [0, 0.05) is 18.3 Å². The quantitative estimate of drug-likeness (QED) is 0.896. The average molecular weight is 334 g/mol. The van der Waals surface area contributed by atoms with E-state index in [1.807, 2.05) is 0 Å². The zero-order valence-corrected chi connectivity index (χ0v) is 13.1. The summed E-state index contributed by atoms with van der Waals surface area (Å²) in [7, 11) is 0. The first-order valence-electron chi connectivity index (χ1n) is 6.95. The number of carboxylic acids is 1. The van der Waals surface area contributed by atoms with E-state index in [1.54, 1.807) is 11.0 Å². The number of nitrogens with one attached hydrogen (secondary N) is 1. The van der Waals surface area contributed by atoms with Crippen LogP contribution in [0.5, 0.6) is 0 Å². The summed E-state index contributed by atoms with van der Waals surface area (Å²) >= 11 is 1.19. The fraction of sp³-hybridized carbons (Fsp3) is 0.267. The number of hydrogen-bond donors (Lipinski definition) is 2. The van der Waals surface area contributed by atoms with Gasteiger partial charge in [0.1, 0.15) is 5.00 Å². The van der Waals surface area contributed by atoms with Crippen LogP contribution in [0.4, 0.5) is 5.00 Å². The lowest BCUT2D eigenvalue weighted by atomic mass is 10.0. The molecular formula is C15H14N2O5S. The van der Waals surface area contributed by atoms with Crippen LogP contribution in [0.1, 0.15) is 38.3 Å². The number of carbonyl (C=O) groups excluding carboxylic acids is 2. The van der Waals surface area contributed by atoms with Crippen LogP contribution in [-0.4, -0.2) is 34.3 Å². The van der Waals surface area contributed by atoms with Gasteiger partial charge in [-0.2, -0.15) is 0 Å². The van der Waals surface area contributed by atoms with E-state index in [0.29, 0.717) is 25.1 Å². The molecule has 23 heavy (non-hydrogen) atoms. The fourth-order valence-electron chi connectivity index (χ4n) is 2.56. The molecule has 0 saturated heterocycles. The van der Waals surface area contributed by atoms with Gasteiger partial charge in [0.25, 0.3) is 5.91 Å². The third-order valence-corrected chi connectivity index (χ3v) is 4.82. The molecule has 0 unspecified atom stereocenters. The van der Waals surface area contributed by atoms with Crippen LogP contribution in [0.3, 0.4) is 0 Å². The molecule has 3 rings (SSSR count). The Bertz CT molecular complexity index is 778. The highest BCUT2D eigenvalue weighted by atomic mass is 32.1. The van der Waals surface area contributed by atoms with Crippen LogP contribution >= 0.6 is 11.3 Å². The summed E-state index contributed by atoms with van der Waals surface area (Å²) in [5, 5.41) is 12.4. The lowest BCUT2D eigenvalue weighted by Gasteiger charge is -2.25. The van der Waals surface area contributed by atoms with Crippen molar-refractivity contribution in [1.82, 2.24) is 4.90 Å². The highest BCUT2D eigenvalue weighted by molar-refractivity contribution is 7.17. The Labute approximate surface area is 135 Å². The molecule has 2 aromatic rings. The number of carbonyl (C=O) groups is 3. The second kappa shape index (κ2) is 5.88. The lowest BCUT2D eigenvalue weighted by molar-refractivity contribution is -0.129. The summed E-state index contributed by atoms with van der Waals surface area (Å²) in [6.45, 7) is 2.33. The van der Waals surface area contributed by atoms with Gasteiger partial charge in [-0.1, -0.05) is 0 Å². The van der Waals surface area contributed by atoms with Gasteiger partial charge < -0.3 is 19.7 Å². The van der Waals surface area contributed by atoms with Crippen molar-refractivity contribution in [3.05, 3.63) is 40.2 Å². The smallest absolute Gasteiger partial charge is 0.339 e. The zero-order valence-electron chi connectivity index (χ0n) is 12.3. The summed E-state index contributed by atoms with van der Waals surface area (Å²) in [4.78, 5) is 37.6. The van der Waals surface area contributed by atoms with Crippen molar-refractivity contribution in [3.63, 3.8) is 0 Å². The molecule has 0 aromatic carbocycles. The van der Waals surface area contributed by atoms with Crippen LogP contribution < -0.4 is 5.32 Å². The molecule has 3 heterocycles. The van der Waals surface area contributed by atoms with E-state index in [4.69, 9.17) is 4.42 Å². The van der Waals surface area contributed by atoms with Crippen molar-refractivity contribution in [2.24, 2.45) is 0 Å².